The molecule has 3 aromatic heterocycles. The lowest BCUT2D eigenvalue weighted by Gasteiger charge is -2.25. The fourth-order valence-electron chi connectivity index (χ4n) is 4.42. The first kappa shape index (κ1) is 21.3. The highest BCUT2D eigenvalue weighted by Gasteiger charge is 2.34. The summed E-state index contributed by atoms with van der Waals surface area (Å²) in [7, 11) is 0. The number of aromatic amines is 1. The number of aryl methyl sites for hydroxylation is 1. The number of rotatable bonds is 6. The van der Waals surface area contributed by atoms with Gasteiger partial charge in [-0.25, -0.2) is 9.97 Å². The SMILES string of the molecule is CC(C)c1cc(Nc2nc(N3CCC[C@@H]3C(=O)Nc3ccc(F)nc3)nc3c2CCC3)n[nH]1. The molecule has 4 heterocycles. The summed E-state index contributed by atoms with van der Waals surface area (Å²) in [5, 5.41) is 13.6. The number of halogens is 1. The first-order valence-electron chi connectivity index (χ1n) is 11.4. The molecule has 1 aliphatic heterocycles. The van der Waals surface area contributed by atoms with Gasteiger partial charge in [-0.3, -0.25) is 9.89 Å². The molecule has 1 fully saturated rings. The van der Waals surface area contributed by atoms with Crippen LogP contribution in [0.1, 0.15) is 56.0 Å². The number of pyridine rings is 1. The van der Waals surface area contributed by atoms with E-state index in [0.29, 0.717) is 30.5 Å². The van der Waals surface area contributed by atoms with Crippen molar-refractivity contribution in [1.82, 2.24) is 25.1 Å². The normalized spacial score (nSPS) is 17.5. The van der Waals surface area contributed by atoms with E-state index in [0.717, 1.165) is 54.3 Å². The van der Waals surface area contributed by atoms with Crippen molar-refractivity contribution in [1.29, 1.82) is 0 Å². The Morgan fingerprint density at radius 1 is 1.24 bits per heavy atom. The molecular weight excluding hydrogens is 423 g/mol. The Hall–Kier alpha value is -3.56. The van der Waals surface area contributed by atoms with Crippen LogP contribution in [-0.2, 0) is 17.6 Å². The maximum Gasteiger partial charge on any atom is 0.247 e. The van der Waals surface area contributed by atoms with E-state index in [4.69, 9.17) is 9.97 Å². The first-order valence-corrected chi connectivity index (χ1v) is 11.4. The number of nitrogens with one attached hydrogen (secondary N) is 3. The minimum Gasteiger partial charge on any atom is -0.329 e. The minimum atomic E-state index is -0.584. The number of anilines is 4. The average molecular weight is 451 g/mol. The van der Waals surface area contributed by atoms with Gasteiger partial charge in [0.05, 0.1) is 17.6 Å². The summed E-state index contributed by atoms with van der Waals surface area (Å²) in [6, 6.07) is 4.32. The van der Waals surface area contributed by atoms with Crippen LogP contribution in [0, 0.1) is 5.95 Å². The second-order valence-corrected chi connectivity index (χ2v) is 8.85. The van der Waals surface area contributed by atoms with Crippen LogP contribution in [0.5, 0.6) is 0 Å². The van der Waals surface area contributed by atoms with Crippen molar-refractivity contribution in [2.45, 2.75) is 57.9 Å². The summed E-state index contributed by atoms with van der Waals surface area (Å²) >= 11 is 0. The number of carbonyl (C=O) groups excluding carboxylic acids is 1. The summed E-state index contributed by atoms with van der Waals surface area (Å²) in [5.41, 5.74) is 3.65. The molecule has 0 aromatic carbocycles. The summed E-state index contributed by atoms with van der Waals surface area (Å²) in [5.74, 6) is 1.61. The molecule has 3 aromatic rings. The highest BCUT2D eigenvalue weighted by atomic mass is 19.1. The molecule has 3 N–H and O–H groups in total. The molecular formula is C23H27FN8O. The fourth-order valence-corrected chi connectivity index (χ4v) is 4.42. The van der Waals surface area contributed by atoms with Gasteiger partial charge in [0.2, 0.25) is 17.8 Å². The van der Waals surface area contributed by atoms with E-state index in [-0.39, 0.29) is 5.91 Å². The molecule has 33 heavy (non-hydrogen) atoms. The molecule has 1 saturated heterocycles. The Kier molecular flexibility index (Phi) is 5.65. The smallest absolute Gasteiger partial charge is 0.247 e. The summed E-state index contributed by atoms with van der Waals surface area (Å²) in [6.45, 7) is 4.91. The third-order valence-corrected chi connectivity index (χ3v) is 6.19. The summed E-state index contributed by atoms with van der Waals surface area (Å²) in [4.78, 5) is 28.2. The molecule has 9 nitrogen and oxygen atoms in total. The highest BCUT2D eigenvalue weighted by molar-refractivity contribution is 5.96. The van der Waals surface area contributed by atoms with E-state index in [1.807, 2.05) is 11.0 Å². The first-order chi connectivity index (χ1) is 16.0. The van der Waals surface area contributed by atoms with Gasteiger partial charge in [-0.1, -0.05) is 13.8 Å². The van der Waals surface area contributed by atoms with Crippen molar-refractivity contribution >= 4 is 29.2 Å². The Labute approximate surface area is 191 Å². The van der Waals surface area contributed by atoms with Crippen LogP contribution in [0.3, 0.4) is 0 Å². The Balaban J connectivity index is 1.40. The Bertz CT molecular complexity index is 1160. The zero-order chi connectivity index (χ0) is 22.9. The standard InChI is InChI=1S/C23H27FN8O/c1-13(2)17-11-20(31-30-17)28-21-15-5-3-6-16(15)27-23(29-21)32-10-4-7-18(32)22(33)26-14-8-9-19(24)25-12-14/h8-9,11-13,18H,3-7,10H2,1-2H3,(H,26,33)(H2,27,28,29,30,31)/t18-/m1/s1. The second kappa shape index (κ2) is 8.76. The van der Waals surface area contributed by atoms with E-state index >= 15 is 0 Å². The van der Waals surface area contributed by atoms with Crippen molar-refractivity contribution < 1.29 is 9.18 Å². The van der Waals surface area contributed by atoms with Gasteiger partial charge >= 0.3 is 0 Å². The number of nitrogens with zero attached hydrogens (tertiary/aromatic N) is 5. The van der Waals surface area contributed by atoms with Crippen molar-refractivity contribution in [2.75, 3.05) is 22.1 Å². The third-order valence-electron chi connectivity index (χ3n) is 6.19. The van der Waals surface area contributed by atoms with Gasteiger partial charge in [-0.15, -0.1) is 0 Å². The number of amides is 1. The molecule has 172 valence electrons. The van der Waals surface area contributed by atoms with Crippen LogP contribution >= 0.6 is 0 Å². The zero-order valence-electron chi connectivity index (χ0n) is 18.7. The number of carbonyl (C=O) groups is 1. The summed E-state index contributed by atoms with van der Waals surface area (Å²) < 4.78 is 13.1. The van der Waals surface area contributed by atoms with Crippen LogP contribution in [0.2, 0.25) is 0 Å². The predicted octanol–water partition coefficient (Wildman–Crippen LogP) is 3.70. The van der Waals surface area contributed by atoms with Gasteiger partial charge in [0.15, 0.2) is 5.82 Å². The Morgan fingerprint density at radius 2 is 2.12 bits per heavy atom. The van der Waals surface area contributed by atoms with Gasteiger partial charge in [-0.2, -0.15) is 14.5 Å². The number of fused-ring (bicyclic) bond motifs is 1. The highest BCUT2D eigenvalue weighted by Crippen LogP contribution is 2.33. The molecule has 1 atom stereocenters. The third kappa shape index (κ3) is 4.37. The van der Waals surface area contributed by atoms with E-state index in [9.17, 15) is 9.18 Å². The largest absolute Gasteiger partial charge is 0.329 e. The molecule has 1 amide bonds. The van der Waals surface area contributed by atoms with E-state index in [1.54, 1.807) is 0 Å². The van der Waals surface area contributed by atoms with Crippen molar-refractivity contribution in [3.63, 3.8) is 0 Å². The van der Waals surface area contributed by atoms with Crippen LogP contribution in [0.4, 0.5) is 27.7 Å². The quantitative estimate of drug-likeness (QED) is 0.491. The monoisotopic (exact) mass is 450 g/mol. The zero-order valence-corrected chi connectivity index (χ0v) is 18.7. The lowest BCUT2D eigenvalue weighted by molar-refractivity contribution is -0.117. The molecule has 1 aliphatic carbocycles. The molecule has 0 spiro atoms. The van der Waals surface area contributed by atoms with E-state index in [2.05, 4.69) is 39.7 Å². The van der Waals surface area contributed by atoms with E-state index < -0.39 is 12.0 Å². The molecule has 0 radical (unpaired) electrons. The number of aromatic nitrogens is 5. The maximum absolute atomic E-state index is 13.1. The predicted molar refractivity (Wildman–Crippen MR) is 123 cm³/mol. The lowest BCUT2D eigenvalue weighted by Crippen LogP contribution is -2.40. The molecule has 0 saturated carbocycles. The van der Waals surface area contributed by atoms with Crippen LogP contribution < -0.4 is 15.5 Å². The molecule has 0 unspecified atom stereocenters. The van der Waals surface area contributed by atoms with Crippen molar-refractivity contribution in [2.24, 2.45) is 0 Å². The van der Waals surface area contributed by atoms with E-state index in [1.165, 1.54) is 18.3 Å². The minimum absolute atomic E-state index is 0.173. The van der Waals surface area contributed by atoms with Gasteiger partial charge < -0.3 is 15.5 Å². The van der Waals surface area contributed by atoms with Gasteiger partial charge in [0.1, 0.15) is 11.9 Å². The van der Waals surface area contributed by atoms with Crippen LogP contribution in [0.25, 0.3) is 0 Å². The molecule has 0 bridgehead atoms. The van der Waals surface area contributed by atoms with Gasteiger partial charge in [0.25, 0.3) is 0 Å². The summed E-state index contributed by atoms with van der Waals surface area (Å²) in [6.07, 6.45) is 5.71. The van der Waals surface area contributed by atoms with Crippen LogP contribution in [-0.4, -0.2) is 43.6 Å². The number of hydrogen-bond donors (Lipinski definition) is 3. The number of hydrogen-bond acceptors (Lipinski definition) is 7. The maximum atomic E-state index is 13.1. The second-order valence-electron chi connectivity index (χ2n) is 8.85. The van der Waals surface area contributed by atoms with Crippen molar-refractivity contribution in [3.8, 4) is 0 Å². The average Bonchev–Trinajstić information content (AvgIpc) is 3.55. The van der Waals surface area contributed by atoms with Crippen LogP contribution in [0.15, 0.2) is 24.4 Å². The number of H-pyrrole nitrogens is 1. The topological polar surface area (TPSA) is 112 Å². The molecule has 2 aliphatic rings. The fraction of sp³-hybridized carbons (Fsp3) is 0.435. The van der Waals surface area contributed by atoms with Crippen molar-refractivity contribution in [3.05, 3.63) is 47.3 Å². The Morgan fingerprint density at radius 3 is 2.88 bits per heavy atom. The van der Waals surface area contributed by atoms with Gasteiger partial charge in [0, 0.05) is 23.9 Å². The molecule has 5 rings (SSSR count). The van der Waals surface area contributed by atoms with Gasteiger partial charge in [-0.05, 0) is 50.2 Å². The lowest BCUT2D eigenvalue weighted by atomic mass is 10.1. The molecule has 10 heteroatoms.